The summed E-state index contributed by atoms with van der Waals surface area (Å²) in [5.41, 5.74) is 0. The largest absolute Gasteiger partial charge is 0.481 e. The highest BCUT2D eigenvalue weighted by molar-refractivity contribution is 5.90. The first-order valence-corrected chi connectivity index (χ1v) is 4.45. The zero-order valence-electron chi connectivity index (χ0n) is 9.17. The predicted octanol–water partition coefficient (Wildman–Crippen LogP) is 1.00. The molecule has 0 fully saturated rings. The van der Waals surface area contributed by atoms with E-state index in [1.54, 1.807) is 0 Å². The van der Waals surface area contributed by atoms with Crippen molar-refractivity contribution >= 4 is 17.9 Å². The van der Waals surface area contributed by atoms with Gasteiger partial charge in [0.1, 0.15) is 6.61 Å². The summed E-state index contributed by atoms with van der Waals surface area (Å²) in [6.07, 6.45) is 4.35. The molecule has 94 valence electrons. The molecule has 0 aliphatic rings. The monoisotopic (exact) mass is 242 g/mol. The molecule has 17 heavy (non-hydrogen) atoms. The number of aliphatic carboxylic acids is 2. The second kappa shape index (κ2) is 11.7. The van der Waals surface area contributed by atoms with E-state index in [4.69, 9.17) is 10.2 Å². The van der Waals surface area contributed by atoms with Crippen molar-refractivity contribution < 1.29 is 29.3 Å². The van der Waals surface area contributed by atoms with Crippen molar-refractivity contribution in [2.45, 2.75) is 6.42 Å². The molecule has 0 atom stereocenters. The van der Waals surface area contributed by atoms with Crippen LogP contribution < -0.4 is 0 Å². The van der Waals surface area contributed by atoms with Gasteiger partial charge in [-0.25, -0.2) is 9.59 Å². The first kappa shape index (κ1) is 17.0. The Morgan fingerprint density at radius 2 is 1.65 bits per heavy atom. The Kier molecular flexibility index (Phi) is 11.7. The minimum Gasteiger partial charge on any atom is -0.481 e. The number of hydrogen-bond donors (Lipinski definition) is 2. The van der Waals surface area contributed by atoms with Gasteiger partial charge in [-0.1, -0.05) is 18.7 Å². The first-order chi connectivity index (χ1) is 7.93. The number of carbonyl (C=O) groups is 3. The molecule has 0 spiro atoms. The molecule has 0 unspecified atom stereocenters. The lowest BCUT2D eigenvalue weighted by Gasteiger charge is -1.93. The van der Waals surface area contributed by atoms with E-state index in [0.29, 0.717) is 6.08 Å². The second-order valence-corrected chi connectivity index (χ2v) is 2.48. The van der Waals surface area contributed by atoms with E-state index in [2.05, 4.69) is 17.9 Å². The van der Waals surface area contributed by atoms with Crippen molar-refractivity contribution in [1.82, 2.24) is 0 Å². The quantitative estimate of drug-likeness (QED) is 0.409. The minimum atomic E-state index is -1.18. The van der Waals surface area contributed by atoms with Gasteiger partial charge in [0.15, 0.2) is 0 Å². The van der Waals surface area contributed by atoms with Crippen LogP contribution >= 0.6 is 0 Å². The molecule has 0 radical (unpaired) electrons. The van der Waals surface area contributed by atoms with E-state index in [9.17, 15) is 14.4 Å². The van der Waals surface area contributed by atoms with Gasteiger partial charge in [0.25, 0.3) is 0 Å². The smallest absolute Gasteiger partial charge is 0.331 e. The molecule has 6 heteroatoms. The molecule has 0 aromatic carbocycles. The number of carboxylic acids is 2. The fraction of sp³-hybridized carbons (Fsp3) is 0.182. The van der Waals surface area contributed by atoms with Crippen LogP contribution in [0.1, 0.15) is 6.42 Å². The Hall–Kier alpha value is -2.37. The van der Waals surface area contributed by atoms with Crippen LogP contribution in [-0.2, 0) is 19.1 Å². The number of carbonyl (C=O) groups excluding carboxylic acids is 1. The summed E-state index contributed by atoms with van der Waals surface area (Å²) in [6, 6.07) is 0. The molecule has 2 N–H and O–H groups in total. The maximum Gasteiger partial charge on any atom is 0.331 e. The standard InChI is InChI=1S/C7H8O4.C4H6O2/c1-2-5-11-7(10)4-3-6(8)9;1-2-3-4(5)6/h2-4H,1,5H2,(H,8,9);2H,1,3H2,(H,5,6). The minimum absolute atomic E-state index is 0.0556. The third kappa shape index (κ3) is 19.9. The van der Waals surface area contributed by atoms with Crippen molar-refractivity contribution in [3.8, 4) is 0 Å². The zero-order valence-corrected chi connectivity index (χ0v) is 9.17. The predicted molar refractivity (Wildman–Crippen MR) is 60.4 cm³/mol. The molecule has 0 bridgehead atoms. The van der Waals surface area contributed by atoms with Gasteiger partial charge in [0, 0.05) is 12.2 Å². The molecule has 0 aromatic rings. The van der Waals surface area contributed by atoms with Crippen molar-refractivity contribution in [1.29, 1.82) is 0 Å². The second-order valence-electron chi connectivity index (χ2n) is 2.48. The van der Waals surface area contributed by atoms with Crippen LogP contribution in [0.4, 0.5) is 0 Å². The van der Waals surface area contributed by atoms with E-state index in [-0.39, 0.29) is 13.0 Å². The average Bonchev–Trinajstić information content (AvgIpc) is 2.24. The summed E-state index contributed by atoms with van der Waals surface area (Å²) in [4.78, 5) is 29.9. The van der Waals surface area contributed by atoms with Gasteiger partial charge in [-0.15, -0.1) is 6.58 Å². The molecule has 0 amide bonds. The van der Waals surface area contributed by atoms with Crippen LogP contribution in [0.25, 0.3) is 0 Å². The van der Waals surface area contributed by atoms with Crippen LogP contribution in [0, 0.1) is 0 Å². The molecule has 0 saturated heterocycles. The molecular formula is C11H14O6. The van der Waals surface area contributed by atoms with Crippen molar-refractivity contribution in [3.05, 3.63) is 37.5 Å². The highest BCUT2D eigenvalue weighted by Gasteiger charge is 1.94. The summed E-state index contributed by atoms with van der Waals surface area (Å²) < 4.78 is 4.43. The van der Waals surface area contributed by atoms with E-state index in [1.165, 1.54) is 12.2 Å². The van der Waals surface area contributed by atoms with E-state index >= 15 is 0 Å². The van der Waals surface area contributed by atoms with Crippen LogP contribution in [0.3, 0.4) is 0 Å². The van der Waals surface area contributed by atoms with Crippen molar-refractivity contribution in [3.63, 3.8) is 0 Å². The molecule has 0 aromatic heterocycles. The third-order valence-corrected chi connectivity index (χ3v) is 1.02. The number of hydrogen-bond acceptors (Lipinski definition) is 4. The maximum atomic E-state index is 10.5. The summed E-state index contributed by atoms with van der Waals surface area (Å²) >= 11 is 0. The molecule has 0 rings (SSSR count). The number of carboxylic acid groups (broad SMARTS) is 2. The van der Waals surface area contributed by atoms with Crippen molar-refractivity contribution in [2.24, 2.45) is 0 Å². The van der Waals surface area contributed by atoms with Crippen LogP contribution in [0.5, 0.6) is 0 Å². The van der Waals surface area contributed by atoms with Gasteiger partial charge in [-0.3, -0.25) is 4.79 Å². The Morgan fingerprint density at radius 3 is 1.94 bits per heavy atom. The molecule has 0 heterocycles. The van der Waals surface area contributed by atoms with E-state index in [0.717, 1.165) is 6.08 Å². The Bertz CT molecular complexity index is 316. The van der Waals surface area contributed by atoms with E-state index < -0.39 is 17.9 Å². The summed E-state index contributed by atoms with van der Waals surface area (Å²) in [5.74, 6) is -2.70. The summed E-state index contributed by atoms with van der Waals surface area (Å²) in [5, 5.41) is 15.9. The average molecular weight is 242 g/mol. The number of ether oxygens (including phenoxy) is 1. The van der Waals surface area contributed by atoms with Crippen LogP contribution in [0.15, 0.2) is 37.5 Å². The zero-order chi connectivity index (χ0) is 13.7. The van der Waals surface area contributed by atoms with E-state index in [1.807, 2.05) is 0 Å². The highest BCUT2D eigenvalue weighted by atomic mass is 16.5. The van der Waals surface area contributed by atoms with Gasteiger partial charge in [0.05, 0.1) is 6.42 Å². The van der Waals surface area contributed by atoms with Crippen LogP contribution in [-0.4, -0.2) is 34.7 Å². The van der Waals surface area contributed by atoms with Crippen LogP contribution in [0.2, 0.25) is 0 Å². The highest BCUT2D eigenvalue weighted by Crippen LogP contribution is 1.81. The molecule has 0 aliphatic carbocycles. The Balaban J connectivity index is 0. The summed E-state index contributed by atoms with van der Waals surface area (Å²) in [6.45, 7) is 6.62. The fourth-order valence-corrected chi connectivity index (χ4v) is 0.452. The topological polar surface area (TPSA) is 101 Å². The Morgan fingerprint density at radius 1 is 1.06 bits per heavy atom. The molecular weight excluding hydrogens is 228 g/mol. The van der Waals surface area contributed by atoms with Gasteiger partial charge in [-0.2, -0.15) is 0 Å². The van der Waals surface area contributed by atoms with Gasteiger partial charge in [-0.05, 0) is 0 Å². The van der Waals surface area contributed by atoms with Gasteiger partial charge < -0.3 is 14.9 Å². The van der Waals surface area contributed by atoms with Crippen molar-refractivity contribution in [2.75, 3.05) is 6.61 Å². The molecule has 6 nitrogen and oxygen atoms in total. The van der Waals surface area contributed by atoms with Gasteiger partial charge in [0.2, 0.25) is 0 Å². The third-order valence-electron chi connectivity index (χ3n) is 1.02. The number of esters is 1. The normalized spacial score (nSPS) is 8.71. The summed E-state index contributed by atoms with van der Waals surface area (Å²) in [7, 11) is 0. The lowest BCUT2D eigenvalue weighted by atomic mass is 10.4. The number of rotatable bonds is 6. The molecule has 0 aliphatic heterocycles. The fourth-order valence-electron chi connectivity index (χ4n) is 0.452. The SMILES string of the molecule is C=CCC(=O)O.C=CCOC(=O)C=CC(=O)O. The molecule has 0 saturated carbocycles. The first-order valence-electron chi connectivity index (χ1n) is 4.45. The lowest BCUT2D eigenvalue weighted by Crippen LogP contribution is -2.01. The Labute approximate surface area is 98.5 Å². The lowest BCUT2D eigenvalue weighted by molar-refractivity contribution is -0.137. The van der Waals surface area contributed by atoms with Gasteiger partial charge >= 0.3 is 17.9 Å². The maximum absolute atomic E-state index is 10.5.